The summed E-state index contributed by atoms with van der Waals surface area (Å²) in [5.41, 5.74) is 0.914. The average molecular weight is 389 g/mol. The highest BCUT2D eigenvalue weighted by atomic mass is 35.5. The number of ether oxygens (including phenoxy) is 1. The zero-order chi connectivity index (χ0) is 18.6. The van der Waals surface area contributed by atoms with Crippen LogP contribution in [0.4, 0.5) is 0 Å². The Morgan fingerprint density at radius 1 is 1.11 bits per heavy atom. The summed E-state index contributed by atoms with van der Waals surface area (Å²) < 4.78 is 11.4. The molecule has 1 aromatic heterocycles. The number of carbonyl (C=O) groups is 1. The van der Waals surface area contributed by atoms with Crippen molar-refractivity contribution in [1.82, 2.24) is 9.80 Å². The monoisotopic (exact) mass is 388 g/mol. The summed E-state index contributed by atoms with van der Waals surface area (Å²) in [6, 6.07) is 11.7. The molecule has 0 bridgehead atoms. The van der Waals surface area contributed by atoms with E-state index in [-0.39, 0.29) is 11.8 Å². The highest BCUT2D eigenvalue weighted by Gasteiger charge is 2.29. The summed E-state index contributed by atoms with van der Waals surface area (Å²) in [6.45, 7) is 5.47. The number of furan rings is 1. The van der Waals surface area contributed by atoms with E-state index in [4.69, 9.17) is 20.8 Å². The van der Waals surface area contributed by atoms with Crippen molar-refractivity contribution >= 4 is 17.5 Å². The Balaban J connectivity index is 1.35. The van der Waals surface area contributed by atoms with Crippen LogP contribution in [0.3, 0.4) is 0 Å². The van der Waals surface area contributed by atoms with Crippen LogP contribution in [0.1, 0.15) is 18.6 Å². The van der Waals surface area contributed by atoms with Crippen molar-refractivity contribution in [2.24, 2.45) is 5.92 Å². The number of nitrogens with zero attached hydrogens (tertiary/aromatic N) is 2. The minimum atomic E-state index is 0.0554. The first kappa shape index (κ1) is 18.5. The number of halogens is 1. The molecule has 2 fully saturated rings. The van der Waals surface area contributed by atoms with Crippen LogP contribution in [0.25, 0.3) is 11.3 Å². The van der Waals surface area contributed by atoms with E-state index in [1.54, 1.807) is 0 Å². The molecule has 5 nitrogen and oxygen atoms in total. The molecule has 6 heteroatoms. The van der Waals surface area contributed by atoms with Gasteiger partial charge in [-0.15, -0.1) is 0 Å². The Kier molecular flexibility index (Phi) is 5.81. The second kappa shape index (κ2) is 8.46. The van der Waals surface area contributed by atoms with Gasteiger partial charge in [-0.05, 0) is 37.1 Å². The molecule has 1 amide bonds. The van der Waals surface area contributed by atoms with Gasteiger partial charge in [0.25, 0.3) is 0 Å². The van der Waals surface area contributed by atoms with Gasteiger partial charge in [0.15, 0.2) is 0 Å². The van der Waals surface area contributed by atoms with Crippen LogP contribution in [0.15, 0.2) is 40.8 Å². The molecule has 1 unspecified atom stereocenters. The lowest BCUT2D eigenvalue weighted by molar-refractivity contribution is -0.135. The number of rotatable bonds is 4. The van der Waals surface area contributed by atoms with Gasteiger partial charge in [0, 0.05) is 38.3 Å². The molecule has 0 spiro atoms. The number of hydrogen-bond donors (Lipinski definition) is 0. The van der Waals surface area contributed by atoms with Crippen LogP contribution in [-0.2, 0) is 16.1 Å². The summed E-state index contributed by atoms with van der Waals surface area (Å²) in [7, 11) is 0. The Morgan fingerprint density at radius 2 is 2.00 bits per heavy atom. The van der Waals surface area contributed by atoms with Crippen molar-refractivity contribution in [3.63, 3.8) is 0 Å². The standard InChI is InChI=1S/C21H25ClN2O3/c22-19-5-2-1-4-18(19)20-7-6-17(27-20)14-23-9-3-10-24(12-11-23)21(25)16-8-13-26-15-16/h1-2,4-7,16H,3,8-15H2. The maximum atomic E-state index is 12.6. The fourth-order valence-corrected chi connectivity index (χ4v) is 4.05. The Hall–Kier alpha value is -1.82. The van der Waals surface area contributed by atoms with Crippen molar-refractivity contribution < 1.29 is 13.9 Å². The maximum Gasteiger partial charge on any atom is 0.228 e. The van der Waals surface area contributed by atoms with Crippen molar-refractivity contribution in [2.75, 3.05) is 39.4 Å². The average Bonchev–Trinajstić information content (AvgIpc) is 3.31. The predicted octanol–water partition coefficient (Wildman–Crippen LogP) is 3.67. The predicted molar refractivity (Wildman–Crippen MR) is 105 cm³/mol. The molecule has 2 aliphatic rings. The zero-order valence-electron chi connectivity index (χ0n) is 15.4. The lowest BCUT2D eigenvalue weighted by atomic mass is 10.1. The number of carbonyl (C=O) groups excluding carboxylic acids is 1. The van der Waals surface area contributed by atoms with Gasteiger partial charge in [-0.2, -0.15) is 0 Å². The fraction of sp³-hybridized carbons (Fsp3) is 0.476. The van der Waals surface area contributed by atoms with Crippen molar-refractivity contribution in [3.05, 3.63) is 47.2 Å². The zero-order valence-corrected chi connectivity index (χ0v) is 16.2. The summed E-state index contributed by atoms with van der Waals surface area (Å²) >= 11 is 6.26. The molecule has 2 aliphatic heterocycles. The Morgan fingerprint density at radius 3 is 2.81 bits per heavy atom. The molecule has 3 heterocycles. The van der Waals surface area contributed by atoms with E-state index in [1.807, 2.05) is 41.3 Å². The van der Waals surface area contributed by atoms with Gasteiger partial charge in [-0.3, -0.25) is 9.69 Å². The molecule has 4 rings (SSSR count). The lowest BCUT2D eigenvalue weighted by Gasteiger charge is -2.23. The number of hydrogen-bond acceptors (Lipinski definition) is 4. The smallest absolute Gasteiger partial charge is 0.228 e. The van der Waals surface area contributed by atoms with Gasteiger partial charge >= 0.3 is 0 Å². The second-order valence-corrected chi connectivity index (χ2v) is 7.67. The molecule has 0 saturated carbocycles. The lowest BCUT2D eigenvalue weighted by Crippen LogP contribution is -2.39. The van der Waals surface area contributed by atoms with E-state index in [0.29, 0.717) is 18.2 Å². The largest absolute Gasteiger partial charge is 0.460 e. The first-order valence-corrected chi connectivity index (χ1v) is 10.0. The van der Waals surface area contributed by atoms with E-state index < -0.39 is 0 Å². The van der Waals surface area contributed by atoms with E-state index in [2.05, 4.69) is 4.90 Å². The molecule has 0 aliphatic carbocycles. The van der Waals surface area contributed by atoms with E-state index in [9.17, 15) is 4.79 Å². The van der Waals surface area contributed by atoms with Crippen LogP contribution in [0.5, 0.6) is 0 Å². The van der Waals surface area contributed by atoms with E-state index in [0.717, 1.165) is 62.6 Å². The van der Waals surface area contributed by atoms with Crippen LogP contribution in [0, 0.1) is 5.92 Å². The minimum absolute atomic E-state index is 0.0554. The van der Waals surface area contributed by atoms with Crippen molar-refractivity contribution in [3.8, 4) is 11.3 Å². The highest BCUT2D eigenvalue weighted by Crippen LogP contribution is 2.29. The van der Waals surface area contributed by atoms with Gasteiger partial charge in [-0.25, -0.2) is 0 Å². The van der Waals surface area contributed by atoms with E-state index >= 15 is 0 Å². The SMILES string of the molecule is O=C(C1CCOC1)N1CCCN(Cc2ccc(-c3ccccc3Cl)o2)CC1. The van der Waals surface area contributed by atoms with Crippen LogP contribution in [0.2, 0.25) is 5.02 Å². The molecule has 2 saturated heterocycles. The minimum Gasteiger partial charge on any atom is -0.460 e. The highest BCUT2D eigenvalue weighted by molar-refractivity contribution is 6.33. The molecule has 2 aromatic rings. The first-order valence-electron chi connectivity index (χ1n) is 9.63. The topological polar surface area (TPSA) is 45.9 Å². The first-order chi connectivity index (χ1) is 13.2. The van der Waals surface area contributed by atoms with Gasteiger partial charge in [0.1, 0.15) is 11.5 Å². The molecule has 0 radical (unpaired) electrons. The number of amides is 1. The molecular weight excluding hydrogens is 364 g/mol. The molecule has 1 atom stereocenters. The van der Waals surface area contributed by atoms with Crippen molar-refractivity contribution in [2.45, 2.75) is 19.4 Å². The van der Waals surface area contributed by atoms with Gasteiger partial charge in [0.2, 0.25) is 5.91 Å². The van der Waals surface area contributed by atoms with Crippen LogP contribution >= 0.6 is 11.6 Å². The number of benzene rings is 1. The fourth-order valence-electron chi connectivity index (χ4n) is 3.83. The van der Waals surface area contributed by atoms with Gasteiger partial charge in [-0.1, -0.05) is 23.7 Å². The summed E-state index contributed by atoms with van der Waals surface area (Å²) in [5, 5.41) is 0.693. The second-order valence-electron chi connectivity index (χ2n) is 7.26. The maximum absolute atomic E-state index is 12.6. The normalized spacial score (nSPS) is 21.4. The quantitative estimate of drug-likeness (QED) is 0.801. The molecule has 27 heavy (non-hydrogen) atoms. The van der Waals surface area contributed by atoms with E-state index in [1.165, 1.54) is 0 Å². The summed E-state index contributed by atoms with van der Waals surface area (Å²) in [6.07, 6.45) is 1.84. The molecule has 144 valence electrons. The Labute approximate surface area is 164 Å². The Bertz CT molecular complexity index is 785. The third kappa shape index (κ3) is 4.37. The van der Waals surface area contributed by atoms with Crippen molar-refractivity contribution in [1.29, 1.82) is 0 Å². The van der Waals surface area contributed by atoms with Crippen LogP contribution < -0.4 is 0 Å². The summed E-state index contributed by atoms with van der Waals surface area (Å²) in [5.74, 6) is 2.03. The van der Waals surface area contributed by atoms with Gasteiger partial charge in [0.05, 0.1) is 24.1 Å². The third-order valence-electron chi connectivity index (χ3n) is 5.36. The van der Waals surface area contributed by atoms with Gasteiger partial charge < -0.3 is 14.1 Å². The third-order valence-corrected chi connectivity index (χ3v) is 5.69. The molecule has 0 N–H and O–H groups in total. The molecular formula is C21H25ClN2O3. The van der Waals surface area contributed by atoms with Crippen LogP contribution in [-0.4, -0.2) is 55.1 Å². The molecule has 1 aromatic carbocycles. The summed E-state index contributed by atoms with van der Waals surface area (Å²) in [4.78, 5) is 17.0.